The lowest BCUT2D eigenvalue weighted by atomic mass is 10.1. The SMILES string of the molecule is CC(C)(C)N1CP(c2ccccc2)CN(C(C)(C)C)CP(c2ccccc2)C1. The molecule has 0 aromatic heterocycles. The molecule has 2 aromatic rings. The molecule has 0 atom stereocenters. The van der Waals surface area contributed by atoms with Crippen LogP contribution in [0.2, 0.25) is 0 Å². The van der Waals surface area contributed by atoms with Crippen LogP contribution in [-0.2, 0) is 0 Å². The molecule has 0 radical (unpaired) electrons. The van der Waals surface area contributed by atoms with E-state index in [1.807, 2.05) is 0 Å². The van der Waals surface area contributed by atoms with E-state index < -0.39 is 0 Å². The van der Waals surface area contributed by atoms with Gasteiger partial charge in [0.25, 0.3) is 0 Å². The second-order valence-corrected chi connectivity index (χ2v) is 14.1. The average Bonchev–Trinajstić information content (AvgIpc) is 2.61. The van der Waals surface area contributed by atoms with E-state index in [-0.39, 0.29) is 26.9 Å². The molecule has 0 bridgehead atoms. The van der Waals surface area contributed by atoms with Crippen LogP contribution >= 0.6 is 15.8 Å². The van der Waals surface area contributed by atoms with E-state index in [9.17, 15) is 0 Å². The zero-order valence-electron chi connectivity index (χ0n) is 18.4. The fraction of sp³-hybridized carbons (Fsp3) is 0.500. The molecule has 152 valence electrons. The molecule has 28 heavy (non-hydrogen) atoms. The molecular formula is C24H36N2P2. The lowest BCUT2D eigenvalue weighted by Gasteiger charge is -2.48. The molecule has 3 rings (SSSR count). The zero-order valence-corrected chi connectivity index (χ0v) is 20.2. The van der Waals surface area contributed by atoms with Crippen molar-refractivity contribution in [2.75, 3.05) is 25.1 Å². The number of nitrogens with zero attached hydrogens (tertiary/aromatic N) is 2. The van der Waals surface area contributed by atoms with E-state index in [0.717, 1.165) is 0 Å². The van der Waals surface area contributed by atoms with Crippen molar-refractivity contribution in [1.82, 2.24) is 9.80 Å². The highest BCUT2D eigenvalue weighted by Gasteiger charge is 2.35. The van der Waals surface area contributed by atoms with Crippen molar-refractivity contribution in [2.24, 2.45) is 0 Å². The molecule has 4 heteroatoms. The fourth-order valence-electron chi connectivity index (χ4n) is 3.46. The molecule has 2 nitrogen and oxygen atoms in total. The van der Waals surface area contributed by atoms with Gasteiger partial charge in [0, 0.05) is 36.2 Å². The van der Waals surface area contributed by atoms with E-state index in [1.165, 1.54) is 35.8 Å². The normalized spacial score (nSPS) is 23.2. The number of hydrogen-bond acceptors (Lipinski definition) is 2. The van der Waals surface area contributed by atoms with Gasteiger partial charge in [-0.15, -0.1) is 0 Å². The summed E-state index contributed by atoms with van der Waals surface area (Å²) in [5.41, 5.74) is 0.378. The minimum absolute atomic E-state index is 0.189. The van der Waals surface area contributed by atoms with Gasteiger partial charge in [0.15, 0.2) is 0 Å². The van der Waals surface area contributed by atoms with Crippen molar-refractivity contribution >= 4 is 26.5 Å². The summed E-state index contributed by atoms with van der Waals surface area (Å²) in [5.74, 6) is 0. The van der Waals surface area contributed by atoms with Crippen LogP contribution in [0.5, 0.6) is 0 Å². The van der Waals surface area contributed by atoms with Crippen LogP contribution in [0, 0.1) is 0 Å². The van der Waals surface area contributed by atoms with E-state index >= 15 is 0 Å². The minimum Gasteiger partial charge on any atom is -0.290 e. The molecule has 1 aliphatic heterocycles. The largest absolute Gasteiger partial charge is 0.290 e. The van der Waals surface area contributed by atoms with Gasteiger partial charge in [0.1, 0.15) is 0 Å². The molecule has 1 fully saturated rings. The van der Waals surface area contributed by atoms with Gasteiger partial charge in [0.2, 0.25) is 0 Å². The van der Waals surface area contributed by atoms with Crippen molar-refractivity contribution in [3.05, 3.63) is 60.7 Å². The van der Waals surface area contributed by atoms with Gasteiger partial charge < -0.3 is 0 Å². The minimum atomic E-state index is -0.243. The number of hydrogen-bond donors (Lipinski definition) is 0. The summed E-state index contributed by atoms with van der Waals surface area (Å²) in [6.45, 7) is 14.3. The Hall–Kier alpha value is -0.780. The predicted molar refractivity (Wildman–Crippen MR) is 129 cm³/mol. The maximum atomic E-state index is 2.77. The summed E-state index contributed by atoms with van der Waals surface area (Å²) in [5, 5.41) is 3.07. The van der Waals surface area contributed by atoms with Crippen LogP contribution in [0.1, 0.15) is 41.5 Å². The number of rotatable bonds is 2. The van der Waals surface area contributed by atoms with E-state index in [4.69, 9.17) is 0 Å². The second-order valence-electron chi connectivity index (χ2n) is 9.74. The van der Waals surface area contributed by atoms with Gasteiger partial charge in [-0.1, -0.05) is 60.7 Å². The molecule has 1 heterocycles. The molecule has 0 aliphatic carbocycles. The highest BCUT2D eigenvalue weighted by Crippen LogP contribution is 2.48. The van der Waals surface area contributed by atoms with Crippen molar-refractivity contribution < 1.29 is 0 Å². The Morgan fingerprint density at radius 2 is 0.821 bits per heavy atom. The lowest BCUT2D eigenvalue weighted by Crippen LogP contribution is -2.49. The first-order valence-corrected chi connectivity index (χ1v) is 13.7. The highest BCUT2D eigenvalue weighted by molar-refractivity contribution is 7.67. The highest BCUT2D eigenvalue weighted by atomic mass is 31.1. The summed E-state index contributed by atoms with van der Waals surface area (Å²) in [4.78, 5) is 5.54. The van der Waals surface area contributed by atoms with Crippen LogP contribution in [0.4, 0.5) is 0 Å². The van der Waals surface area contributed by atoms with Gasteiger partial charge >= 0.3 is 0 Å². The summed E-state index contributed by atoms with van der Waals surface area (Å²) in [6, 6.07) is 22.5. The Balaban J connectivity index is 1.98. The van der Waals surface area contributed by atoms with E-state index in [1.54, 1.807) is 0 Å². The Morgan fingerprint density at radius 1 is 0.536 bits per heavy atom. The first kappa shape index (κ1) is 21.9. The molecular weight excluding hydrogens is 378 g/mol. The Morgan fingerprint density at radius 3 is 1.07 bits per heavy atom. The van der Waals surface area contributed by atoms with Crippen molar-refractivity contribution in [1.29, 1.82) is 0 Å². The molecule has 1 saturated heterocycles. The zero-order chi connectivity index (χ0) is 20.4. The van der Waals surface area contributed by atoms with Crippen LogP contribution in [0.15, 0.2) is 60.7 Å². The predicted octanol–water partition coefficient (Wildman–Crippen LogP) is 5.65. The molecule has 2 aromatic carbocycles. The number of benzene rings is 2. The third-order valence-electron chi connectivity index (χ3n) is 5.51. The molecule has 0 saturated carbocycles. The first-order valence-electron chi connectivity index (χ1n) is 10.2. The van der Waals surface area contributed by atoms with Gasteiger partial charge in [-0.2, -0.15) is 0 Å². The fourth-order valence-corrected chi connectivity index (χ4v) is 9.54. The maximum Gasteiger partial charge on any atom is 0.0245 e. The summed E-state index contributed by atoms with van der Waals surface area (Å²) < 4.78 is 0. The van der Waals surface area contributed by atoms with E-state index in [2.05, 4.69) is 112 Å². The maximum absolute atomic E-state index is 2.77. The monoisotopic (exact) mass is 414 g/mol. The van der Waals surface area contributed by atoms with Crippen LogP contribution in [0.3, 0.4) is 0 Å². The molecule has 0 amide bonds. The topological polar surface area (TPSA) is 6.48 Å². The quantitative estimate of drug-likeness (QED) is 0.587. The third kappa shape index (κ3) is 5.64. The summed E-state index contributed by atoms with van der Waals surface area (Å²) >= 11 is 0. The smallest absolute Gasteiger partial charge is 0.0245 e. The lowest BCUT2D eigenvalue weighted by molar-refractivity contribution is 0.173. The Kier molecular flexibility index (Phi) is 6.99. The third-order valence-corrected chi connectivity index (χ3v) is 10.3. The molecule has 0 spiro atoms. The Bertz CT molecular complexity index is 657. The van der Waals surface area contributed by atoms with Gasteiger partial charge in [-0.3, -0.25) is 9.80 Å². The van der Waals surface area contributed by atoms with Gasteiger partial charge in [0.05, 0.1) is 0 Å². The van der Waals surface area contributed by atoms with Crippen LogP contribution in [-0.4, -0.2) is 46.0 Å². The molecule has 1 aliphatic rings. The van der Waals surface area contributed by atoms with Crippen molar-refractivity contribution in [3.8, 4) is 0 Å². The van der Waals surface area contributed by atoms with Gasteiger partial charge in [-0.05, 0) is 68.0 Å². The van der Waals surface area contributed by atoms with Crippen LogP contribution < -0.4 is 10.6 Å². The average molecular weight is 415 g/mol. The Labute approximate surface area is 174 Å². The summed E-state index contributed by atoms with van der Waals surface area (Å²) in [6.07, 6.45) is 4.73. The molecule has 0 N–H and O–H groups in total. The van der Waals surface area contributed by atoms with Crippen molar-refractivity contribution in [2.45, 2.75) is 52.6 Å². The summed E-state index contributed by atoms with van der Waals surface area (Å²) in [7, 11) is -0.487. The molecule has 0 unspecified atom stereocenters. The first-order chi connectivity index (χ1) is 13.1. The van der Waals surface area contributed by atoms with Crippen molar-refractivity contribution in [3.63, 3.8) is 0 Å². The van der Waals surface area contributed by atoms with Crippen LogP contribution in [0.25, 0.3) is 0 Å². The second kappa shape index (κ2) is 8.93. The van der Waals surface area contributed by atoms with E-state index in [0.29, 0.717) is 0 Å². The standard InChI is InChI=1S/C24H36N2P2/c1-23(2,3)25-17-27(21-13-9-7-10-14-21)19-26(24(4,5)6)20-28(18-25)22-15-11-8-12-16-22/h7-16H,17-20H2,1-6H3. The van der Waals surface area contributed by atoms with Gasteiger partial charge in [-0.25, -0.2) is 0 Å².